The Morgan fingerprint density at radius 1 is 1.00 bits per heavy atom. The summed E-state index contributed by atoms with van der Waals surface area (Å²) in [5.41, 5.74) is 5.13. The van der Waals surface area contributed by atoms with Gasteiger partial charge in [0.2, 0.25) is 0 Å². The smallest absolute Gasteiger partial charge is 0.295 e. The minimum Gasteiger partial charge on any atom is -0.507 e. The van der Waals surface area contributed by atoms with Crippen LogP contribution in [-0.2, 0) is 16.1 Å². The zero-order chi connectivity index (χ0) is 25.3. The lowest BCUT2D eigenvalue weighted by atomic mass is 9.95. The first-order valence-electron chi connectivity index (χ1n) is 11.7. The number of rotatable bonds is 6. The van der Waals surface area contributed by atoms with Crippen LogP contribution in [0.15, 0.2) is 66.5 Å². The van der Waals surface area contributed by atoms with Gasteiger partial charge in [-0.15, -0.1) is 0 Å². The van der Waals surface area contributed by atoms with E-state index in [0.29, 0.717) is 16.9 Å². The molecule has 1 atom stereocenters. The Labute approximate surface area is 205 Å². The number of ether oxygens (including phenoxy) is 1. The van der Waals surface area contributed by atoms with E-state index in [2.05, 4.69) is 4.98 Å². The molecule has 0 bridgehead atoms. The third-order valence-electron chi connectivity index (χ3n) is 6.22. The van der Waals surface area contributed by atoms with Gasteiger partial charge in [-0.3, -0.25) is 14.6 Å². The average molecular weight is 471 g/mol. The van der Waals surface area contributed by atoms with Crippen LogP contribution >= 0.6 is 0 Å². The molecule has 1 aromatic heterocycles. The van der Waals surface area contributed by atoms with Gasteiger partial charge in [0.1, 0.15) is 11.5 Å². The molecule has 2 aromatic carbocycles. The van der Waals surface area contributed by atoms with E-state index in [1.54, 1.807) is 42.7 Å². The van der Waals surface area contributed by atoms with Crippen LogP contribution in [0.2, 0.25) is 0 Å². The van der Waals surface area contributed by atoms with E-state index in [4.69, 9.17) is 4.74 Å². The molecule has 0 radical (unpaired) electrons. The van der Waals surface area contributed by atoms with Crippen LogP contribution in [-0.4, -0.2) is 32.8 Å². The first kappa shape index (κ1) is 24.2. The number of pyridine rings is 1. The summed E-state index contributed by atoms with van der Waals surface area (Å²) in [5, 5.41) is 11.3. The highest BCUT2D eigenvalue weighted by molar-refractivity contribution is 6.46. The van der Waals surface area contributed by atoms with E-state index >= 15 is 0 Å². The standard InChI is InChI=1S/C29H30N2O4/c1-17(2)35-24-9-8-22(15-20(24)5)27(32)25-26(21-10-12-30-13-11-21)31(29(34)28(25)33)16-23-14-18(3)6-7-19(23)4/h6-15,17,26,32H,16H2,1-5H3/b27-25-. The van der Waals surface area contributed by atoms with Gasteiger partial charge in [0.05, 0.1) is 17.7 Å². The van der Waals surface area contributed by atoms with Crippen LogP contribution in [0, 0.1) is 20.8 Å². The minimum absolute atomic E-state index is 0.00948. The third kappa shape index (κ3) is 4.83. The highest BCUT2D eigenvalue weighted by Gasteiger charge is 2.46. The van der Waals surface area contributed by atoms with Gasteiger partial charge in [-0.1, -0.05) is 23.8 Å². The number of likely N-dealkylation sites (tertiary alicyclic amines) is 1. The molecule has 1 amide bonds. The first-order chi connectivity index (χ1) is 16.7. The van der Waals surface area contributed by atoms with Gasteiger partial charge in [-0.2, -0.15) is 0 Å². The second-order valence-corrected chi connectivity index (χ2v) is 9.28. The van der Waals surface area contributed by atoms with Gasteiger partial charge < -0.3 is 14.7 Å². The Morgan fingerprint density at radius 2 is 1.71 bits per heavy atom. The van der Waals surface area contributed by atoms with Crippen molar-refractivity contribution < 1.29 is 19.4 Å². The molecule has 0 spiro atoms. The fraction of sp³-hybridized carbons (Fsp3) is 0.276. The van der Waals surface area contributed by atoms with Crippen molar-refractivity contribution in [1.29, 1.82) is 0 Å². The molecule has 35 heavy (non-hydrogen) atoms. The van der Waals surface area contributed by atoms with Crippen LogP contribution in [0.1, 0.15) is 53.3 Å². The molecule has 1 unspecified atom stereocenters. The van der Waals surface area contributed by atoms with Crippen molar-refractivity contribution in [2.24, 2.45) is 0 Å². The number of carbonyl (C=O) groups is 2. The second kappa shape index (κ2) is 9.74. The van der Waals surface area contributed by atoms with E-state index in [-0.39, 0.29) is 24.0 Å². The largest absolute Gasteiger partial charge is 0.507 e. The van der Waals surface area contributed by atoms with Gasteiger partial charge in [-0.25, -0.2) is 0 Å². The van der Waals surface area contributed by atoms with Crippen molar-refractivity contribution in [3.8, 4) is 5.75 Å². The maximum Gasteiger partial charge on any atom is 0.295 e. The maximum atomic E-state index is 13.3. The van der Waals surface area contributed by atoms with Gasteiger partial charge in [-0.05, 0) is 87.2 Å². The van der Waals surface area contributed by atoms with Crippen molar-refractivity contribution in [2.75, 3.05) is 0 Å². The molecule has 3 aromatic rings. The fourth-order valence-electron chi connectivity index (χ4n) is 4.43. The molecule has 1 saturated heterocycles. The summed E-state index contributed by atoms with van der Waals surface area (Å²) in [5.74, 6) is -0.828. The number of aromatic nitrogens is 1. The number of hydrogen-bond donors (Lipinski definition) is 1. The Kier molecular flexibility index (Phi) is 6.74. The molecule has 1 aliphatic rings. The summed E-state index contributed by atoms with van der Waals surface area (Å²) in [7, 11) is 0. The second-order valence-electron chi connectivity index (χ2n) is 9.28. The molecule has 6 nitrogen and oxygen atoms in total. The van der Waals surface area contributed by atoms with E-state index < -0.39 is 17.7 Å². The summed E-state index contributed by atoms with van der Waals surface area (Å²) in [6, 6.07) is 14.1. The van der Waals surface area contributed by atoms with Crippen LogP contribution in [0.4, 0.5) is 0 Å². The van der Waals surface area contributed by atoms with Crippen molar-refractivity contribution >= 4 is 17.4 Å². The summed E-state index contributed by atoms with van der Waals surface area (Å²) >= 11 is 0. The topological polar surface area (TPSA) is 79.7 Å². The lowest BCUT2D eigenvalue weighted by molar-refractivity contribution is -0.140. The van der Waals surface area contributed by atoms with E-state index in [9.17, 15) is 14.7 Å². The van der Waals surface area contributed by atoms with Crippen molar-refractivity contribution in [1.82, 2.24) is 9.88 Å². The third-order valence-corrected chi connectivity index (χ3v) is 6.22. The number of Topliss-reactive ketones (excluding diaryl/α,β-unsaturated/α-hetero) is 1. The van der Waals surface area contributed by atoms with Crippen LogP contribution in [0.3, 0.4) is 0 Å². The number of benzene rings is 2. The normalized spacial score (nSPS) is 17.3. The predicted molar refractivity (Wildman–Crippen MR) is 135 cm³/mol. The zero-order valence-corrected chi connectivity index (χ0v) is 20.7. The molecule has 1 N–H and O–H groups in total. The summed E-state index contributed by atoms with van der Waals surface area (Å²) < 4.78 is 5.80. The van der Waals surface area contributed by atoms with E-state index in [0.717, 1.165) is 22.3 Å². The average Bonchev–Trinajstić information content (AvgIpc) is 3.07. The number of aryl methyl sites for hydroxylation is 3. The highest BCUT2D eigenvalue weighted by atomic mass is 16.5. The zero-order valence-electron chi connectivity index (χ0n) is 20.7. The molecule has 6 heteroatoms. The maximum absolute atomic E-state index is 13.3. The van der Waals surface area contributed by atoms with Gasteiger partial charge in [0.25, 0.3) is 11.7 Å². The molecule has 2 heterocycles. The Morgan fingerprint density at radius 3 is 2.37 bits per heavy atom. The molecule has 1 fully saturated rings. The highest BCUT2D eigenvalue weighted by Crippen LogP contribution is 2.40. The summed E-state index contributed by atoms with van der Waals surface area (Å²) in [6.45, 7) is 10.00. The molecule has 0 saturated carbocycles. The Balaban J connectivity index is 1.83. The summed E-state index contributed by atoms with van der Waals surface area (Å²) in [4.78, 5) is 32.2. The van der Waals surface area contributed by atoms with Gasteiger partial charge in [0.15, 0.2) is 0 Å². The predicted octanol–water partition coefficient (Wildman–Crippen LogP) is 5.42. The van der Waals surface area contributed by atoms with E-state index in [1.807, 2.05) is 52.8 Å². The fourth-order valence-corrected chi connectivity index (χ4v) is 4.43. The first-order valence-corrected chi connectivity index (χ1v) is 11.7. The Bertz CT molecular complexity index is 1310. The Hall–Kier alpha value is -3.93. The molecule has 1 aliphatic heterocycles. The molecule has 180 valence electrons. The number of carbonyl (C=O) groups excluding carboxylic acids is 2. The minimum atomic E-state index is -0.732. The van der Waals surface area contributed by atoms with Crippen LogP contribution < -0.4 is 4.74 Å². The number of amides is 1. The van der Waals surface area contributed by atoms with Crippen LogP contribution in [0.25, 0.3) is 5.76 Å². The van der Waals surface area contributed by atoms with Gasteiger partial charge >= 0.3 is 0 Å². The number of hydrogen-bond acceptors (Lipinski definition) is 5. The lowest BCUT2D eigenvalue weighted by Crippen LogP contribution is -2.29. The van der Waals surface area contributed by atoms with Crippen molar-refractivity contribution in [2.45, 2.75) is 53.3 Å². The monoisotopic (exact) mass is 470 g/mol. The SMILES string of the molecule is Cc1ccc(C)c(CN2C(=O)C(=O)/C(=C(\O)c3ccc(OC(C)C)c(C)c3)C2c2ccncc2)c1. The van der Waals surface area contributed by atoms with Gasteiger partial charge in [0, 0.05) is 24.5 Å². The quantitative estimate of drug-likeness (QED) is 0.296. The molecular weight excluding hydrogens is 440 g/mol. The number of aliphatic hydroxyl groups is 1. The number of ketones is 1. The van der Waals surface area contributed by atoms with Crippen molar-refractivity contribution in [3.05, 3.63) is 99.9 Å². The van der Waals surface area contributed by atoms with Crippen molar-refractivity contribution in [3.63, 3.8) is 0 Å². The number of nitrogens with zero attached hydrogens (tertiary/aromatic N) is 2. The van der Waals surface area contributed by atoms with Crippen LogP contribution in [0.5, 0.6) is 5.75 Å². The van der Waals surface area contributed by atoms with E-state index in [1.165, 1.54) is 4.90 Å². The lowest BCUT2D eigenvalue weighted by Gasteiger charge is -2.26. The molecule has 4 rings (SSSR count). The molecule has 0 aliphatic carbocycles. The summed E-state index contributed by atoms with van der Waals surface area (Å²) in [6.07, 6.45) is 3.25. The molecular formula is C29H30N2O4. The number of aliphatic hydroxyl groups excluding tert-OH is 1.